The molecule has 0 aliphatic heterocycles. The van der Waals surface area contributed by atoms with E-state index in [1.54, 1.807) is 0 Å². The second kappa shape index (κ2) is 8.35. The molecule has 0 bridgehead atoms. The van der Waals surface area contributed by atoms with Gasteiger partial charge in [0.2, 0.25) is 5.91 Å². The smallest absolute Gasteiger partial charge is 0.226 e. The molecule has 0 saturated heterocycles. The van der Waals surface area contributed by atoms with Gasteiger partial charge in [0.1, 0.15) is 0 Å². The lowest BCUT2D eigenvalue weighted by Gasteiger charge is -2.45. The molecule has 3 aliphatic carbocycles. The Morgan fingerprint density at radius 3 is 1.50 bits per heavy atom. The van der Waals surface area contributed by atoms with Crippen molar-refractivity contribution >= 4 is 11.9 Å². The predicted molar refractivity (Wildman–Crippen MR) is 91.0 cm³/mol. The zero-order valence-electron chi connectivity index (χ0n) is 14.9. The van der Waals surface area contributed by atoms with E-state index in [0.29, 0.717) is 18.5 Å². The van der Waals surface area contributed by atoms with Gasteiger partial charge in [0.05, 0.1) is 0 Å². The summed E-state index contributed by atoms with van der Waals surface area (Å²) >= 11 is 0. The monoisotopic (exact) mass is 334 g/mol. The van der Waals surface area contributed by atoms with Crippen LogP contribution in [-0.2, 0) is 9.59 Å². The van der Waals surface area contributed by atoms with E-state index in [9.17, 15) is 14.7 Å². The average Bonchev–Trinajstić information content (AvgIpc) is 2.63. The van der Waals surface area contributed by atoms with E-state index < -0.39 is 11.9 Å². The number of hydrogen-bond donors (Lipinski definition) is 0. The molecule has 0 N–H and O–H groups in total. The van der Waals surface area contributed by atoms with Gasteiger partial charge in [-0.25, -0.2) is 0 Å². The van der Waals surface area contributed by atoms with Crippen LogP contribution >= 0.6 is 0 Å². The number of amides is 1. The van der Waals surface area contributed by atoms with Crippen molar-refractivity contribution in [3.63, 3.8) is 0 Å². The molecule has 1 amide bonds. The van der Waals surface area contributed by atoms with Crippen LogP contribution in [0, 0.1) is 11.8 Å². The highest BCUT2D eigenvalue weighted by molar-refractivity contribution is 5.85. The minimum absolute atomic E-state index is 0.141. The predicted octanol–water partition coefficient (Wildman–Crippen LogP) is 3.04. The first-order valence-corrected chi connectivity index (χ1v) is 10.2. The number of carbonyl (C=O) groups is 2. The second-order valence-corrected chi connectivity index (χ2v) is 8.15. The number of aliphatic carboxylic acids is 1. The summed E-state index contributed by atoms with van der Waals surface area (Å²) in [6, 6.07) is 0.692. The average molecular weight is 334 g/mol. The third-order valence-corrected chi connectivity index (χ3v) is 6.58. The maximum Gasteiger partial charge on any atom is 0.226 e. The molecule has 0 unspecified atom stereocenters. The van der Waals surface area contributed by atoms with Crippen molar-refractivity contribution in [3.8, 4) is 0 Å². The van der Waals surface area contributed by atoms with Crippen LogP contribution in [0.15, 0.2) is 0 Å². The number of carboxylic acid groups (broad SMARTS) is 1. The minimum atomic E-state index is -1.01. The Morgan fingerprint density at radius 1 is 0.625 bits per heavy atom. The molecule has 0 heterocycles. The largest absolute Gasteiger partial charge is 0.550 e. The van der Waals surface area contributed by atoms with Crippen LogP contribution in [-0.4, -0.2) is 28.9 Å². The Hall–Kier alpha value is -1.06. The van der Waals surface area contributed by atoms with Gasteiger partial charge in [0.25, 0.3) is 0 Å². The van der Waals surface area contributed by atoms with Gasteiger partial charge in [-0.1, -0.05) is 51.4 Å². The molecule has 3 rings (SSSR count). The van der Waals surface area contributed by atoms with Gasteiger partial charge in [0, 0.05) is 29.9 Å². The maximum atomic E-state index is 13.4. The first-order valence-electron chi connectivity index (χ1n) is 10.2. The highest BCUT2D eigenvalue weighted by atomic mass is 16.4. The van der Waals surface area contributed by atoms with Crippen LogP contribution < -0.4 is 5.11 Å². The molecule has 0 radical (unpaired) electrons. The summed E-state index contributed by atoms with van der Waals surface area (Å²) in [5.74, 6) is -1.78. The van der Waals surface area contributed by atoms with Gasteiger partial charge in [-0.3, -0.25) is 4.79 Å². The first-order chi connectivity index (χ1) is 11.7. The third kappa shape index (κ3) is 3.94. The molecule has 24 heavy (non-hydrogen) atoms. The molecule has 0 aromatic carbocycles. The van der Waals surface area contributed by atoms with E-state index in [0.717, 1.165) is 44.9 Å². The lowest BCUT2D eigenvalue weighted by Crippen LogP contribution is -2.54. The van der Waals surface area contributed by atoms with Crippen molar-refractivity contribution in [1.29, 1.82) is 0 Å². The van der Waals surface area contributed by atoms with Gasteiger partial charge in [-0.2, -0.15) is 0 Å². The van der Waals surface area contributed by atoms with Gasteiger partial charge in [-0.15, -0.1) is 0 Å². The van der Waals surface area contributed by atoms with Crippen LogP contribution in [0.25, 0.3) is 0 Å². The zero-order valence-corrected chi connectivity index (χ0v) is 14.9. The molecule has 3 aliphatic rings. The van der Waals surface area contributed by atoms with Crippen molar-refractivity contribution in [2.24, 2.45) is 11.8 Å². The Bertz CT molecular complexity index is 420. The molecular weight excluding hydrogens is 302 g/mol. The minimum Gasteiger partial charge on any atom is -0.550 e. The molecule has 136 valence electrons. The summed E-state index contributed by atoms with van der Waals surface area (Å²) in [6.45, 7) is 0. The quantitative estimate of drug-likeness (QED) is 0.794. The molecule has 3 fully saturated rings. The molecular formula is C20H32NO3-. The summed E-state index contributed by atoms with van der Waals surface area (Å²) in [4.78, 5) is 27.2. The van der Waals surface area contributed by atoms with E-state index >= 15 is 0 Å². The molecule has 4 heteroatoms. The number of carboxylic acids is 1. The third-order valence-electron chi connectivity index (χ3n) is 6.58. The van der Waals surface area contributed by atoms with Crippen molar-refractivity contribution in [2.45, 2.75) is 102 Å². The fourth-order valence-electron chi connectivity index (χ4n) is 5.28. The highest BCUT2D eigenvalue weighted by Gasteiger charge is 2.40. The van der Waals surface area contributed by atoms with Crippen LogP contribution in [0.3, 0.4) is 0 Å². The molecule has 3 saturated carbocycles. The van der Waals surface area contributed by atoms with Crippen molar-refractivity contribution in [3.05, 3.63) is 0 Å². The zero-order chi connectivity index (χ0) is 16.9. The summed E-state index contributed by atoms with van der Waals surface area (Å²) in [5.41, 5.74) is 0. The lowest BCUT2D eigenvalue weighted by molar-refractivity contribution is -0.314. The summed E-state index contributed by atoms with van der Waals surface area (Å²) < 4.78 is 0. The van der Waals surface area contributed by atoms with Crippen LogP contribution in [0.4, 0.5) is 0 Å². The van der Waals surface area contributed by atoms with Gasteiger partial charge in [0.15, 0.2) is 0 Å². The number of rotatable bonds is 4. The normalized spacial score (nSPS) is 30.0. The Kier molecular flexibility index (Phi) is 6.18. The van der Waals surface area contributed by atoms with Gasteiger partial charge >= 0.3 is 0 Å². The standard InChI is InChI=1S/C20H33NO3/c22-19(17-13-7-8-14-18(17)20(23)24)21(15-9-3-1-4-10-15)16-11-5-2-6-12-16/h15-18H,1-14H2,(H,23,24)/p-1/t17-,18+/m0/s1. The fraction of sp³-hybridized carbons (Fsp3) is 0.900. The molecule has 0 spiro atoms. The lowest BCUT2D eigenvalue weighted by atomic mass is 9.77. The topological polar surface area (TPSA) is 60.4 Å². The van der Waals surface area contributed by atoms with Crippen molar-refractivity contribution in [1.82, 2.24) is 4.90 Å². The second-order valence-electron chi connectivity index (χ2n) is 8.15. The van der Waals surface area contributed by atoms with Crippen LogP contribution in [0.2, 0.25) is 0 Å². The number of carbonyl (C=O) groups excluding carboxylic acids is 2. The van der Waals surface area contributed by atoms with Gasteiger partial charge < -0.3 is 14.8 Å². The van der Waals surface area contributed by atoms with Crippen LogP contribution in [0.5, 0.6) is 0 Å². The van der Waals surface area contributed by atoms with E-state index in [4.69, 9.17) is 0 Å². The van der Waals surface area contributed by atoms with E-state index in [1.807, 2.05) is 0 Å². The number of nitrogens with zero attached hydrogens (tertiary/aromatic N) is 1. The van der Waals surface area contributed by atoms with E-state index in [2.05, 4.69) is 4.90 Å². The Labute approximate surface area is 146 Å². The fourth-order valence-corrected chi connectivity index (χ4v) is 5.28. The Morgan fingerprint density at radius 2 is 1.04 bits per heavy atom. The number of hydrogen-bond acceptors (Lipinski definition) is 3. The Balaban J connectivity index is 1.79. The van der Waals surface area contributed by atoms with E-state index in [1.165, 1.54) is 38.5 Å². The van der Waals surface area contributed by atoms with Gasteiger partial charge in [-0.05, 0) is 38.5 Å². The maximum absolute atomic E-state index is 13.4. The molecule has 0 aromatic heterocycles. The summed E-state index contributed by atoms with van der Waals surface area (Å²) in [7, 11) is 0. The van der Waals surface area contributed by atoms with Crippen molar-refractivity contribution in [2.75, 3.05) is 0 Å². The molecule has 0 aromatic rings. The highest BCUT2D eigenvalue weighted by Crippen LogP contribution is 2.36. The van der Waals surface area contributed by atoms with E-state index in [-0.39, 0.29) is 11.8 Å². The molecule has 4 nitrogen and oxygen atoms in total. The SMILES string of the molecule is O=C([O-])[C@@H]1CCCC[C@@H]1C(=O)N(C1CCCCC1)C1CCCCC1. The summed E-state index contributed by atoms with van der Waals surface area (Å²) in [6.07, 6.45) is 15.0. The summed E-state index contributed by atoms with van der Waals surface area (Å²) in [5, 5.41) is 11.6. The molecule has 2 atom stereocenters. The van der Waals surface area contributed by atoms with Crippen molar-refractivity contribution < 1.29 is 14.7 Å². The van der Waals surface area contributed by atoms with Crippen LogP contribution in [0.1, 0.15) is 89.9 Å². The first kappa shape index (κ1) is 17.8.